The Kier molecular flexibility index (Phi) is 4.54. The maximum atomic E-state index is 11.2. The highest BCUT2D eigenvalue weighted by atomic mass is 35.5. The van der Waals surface area contributed by atoms with Gasteiger partial charge in [-0.3, -0.25) is 9.79 Å². The molecule has 0 radical (unpaired) electrons. The molecule has 0 fully saturated rings. The number of hydrogen-bond acceptors (Lipinski definition) is 2. The van der Waals surface area contributed by atoms with Crippen molar-refractivity contribution in [3.63, 3.8) is 0 Å². The highest BCUT2D eigenvalue weighted by Gasteiger charge is 2.05. The van der Waals surface area contributed by atoms with Crippen LogP contribution in [0.15, 0.2) is 16.9 Å². The van der Waals surface area contributed by atoms with Gasteiger partial charge in [-0.1, -0.05) is 0 Å². The summed E-state index contributed by atoms with van der Waals surface area (Å²) in [4.78, 5) is 15.1. The Morgan fingerprint density at radius 1 is 1.62 bits per heavy atom. The number of amides is 1. The van der Waals surface area contributed by atoms with Crippen molar-refractivity contribution in [1.82, 2.24) is 5.32 Å². The van der Waals surface area contributed by atoms with E-state index in [1.165, 1.54) is 0 Å². The topological polar surface area (TPSA) is 41.5 Å². The van der Waals surface area contributed by atoms with E-state index in [2.05, 4.69) is 10.3 Å². The summed E-state index contributed by atoms with van der Waals surface area (Å²) in [5.41, 5.74) is 0.885. The first kappa shape index (κ1) is 10.3. The number of carbonyl (C=O) groups is 1. The molecule has 0 unspecified atom stereocenters. The molecule has 72 valence electrons. The fourth-order valence-corrected chi connectivity index (χ4v) is 1.24. The quantitative estimate of drug-likeness (QED) is 0.534. The minimum absolute atomic E-state index is 0.0573. The lowest BCUT2D eigenvalue weighted by Gasteiger charge is -2.03. The Morgan fingerprint density at radius 2 is 2.46 bits per heavy atom. The predicted molar refractivity (Wildman–Crippen MR) is 53.9 cm³/mol. The normalized spacial score (nSPS) is 14.4. The second-order valence-corrected chi connectivity index (χ2v) is 3.26. The number of nitrogens with zero attached hydrogens (tertiary/aromatic N) is 1. The number of carbonyl (C=O) groups excluding carboxylic acids is 1. The zero-order chi connectivity index (χ0) is 9.52. The number of rotatable bonds is 5. The van der Waals surface area contributed by atoms with E-state index < -0.39 is 0 Å². The van der Waals surface area contributed by atoms with Crippen LogP contribution in [0.3, 0.4) is 0 Å². The number of halogens is 1. The van der Waals surface area contributed by atoms with Crippen LogP contribution in [0.4, 0.5) is 0 Å². The van der Waals surface area contributed by atoms with Gasteiger partial charge in [0.05, 0.1) is 0 Å². The van der Waals surface area contributed by atoms with Crippen LogP contribution < -0.4 is 5.32 Å². The van der Waals surface area contributed by atoms with Gasteiger partial charge in [0.25, 0.3) is 0 Å². The number of unbranched alkanes of at least 4 members (excludes halogenated alkanes) is 1. The molecule has 1 heterocycles. The molecule has 0 atom stereocenters. The van der Waals surface area contributed by atoms with Gasteiger partial charge in [-0.25, -0.2) is 0 Å². The van der Waals surface area contributed by atoms with Crippen LogP contribution in [0.5, 0.6) is 0 Å². The van der Waals surface area contributed by atoms with E-state index in [9.17, 15) is 4.79 Å². The summed E-state index contributed by atoms with van der Waals surface area (Å²) in [6.45, 7) is 0. The summed E-state index contributed by atoms with van der Waals surface area (Å²) in [5.74, 6) is 0.681. The Hall–Kier alpha value is -0.830. The minimum atomic E-state index is 0.0573. The molecule has 0 saturated carbocycles. The molecule has 0 aromatic heterocycles. The number of alkyl halides is 1. The average molecular weight is 201 g/mol. The van der Waals surface area contributed by atoms with Crippen LogP contribution in [-0.2, 0) is 4.79 Å². The van der Waals surface area contributed by atoms with Crippen molar-refractivity contribution in [2.45, 2.75) is 25.7 Å². The Labute approximate surface area is 82.9 Å². The standard InChI is InChI=1S/C9H13ClN2O/c10-5-2-1-3-9(13)12-8-4-6-11-7-8/h6-7H,1-5H2,(H,12,13). The number of hydrogen-bond donors (Lipinski definition) is 1. The summed E-state index contributed by atoms with van der Waals surface area (Å²) in [5, 5.41) is 2.79. The molecule has 1 amide bonds. The molecule has 0 aliphatic carbocycles. The first-order valence-corrected chi connectivity index (χ1v) is 4.93. The molecule has 1 aliphatic heterocycles. The lowest BCUT2D eigenvalue weighted by Crippen LogP contribution is -2.21. The highest BCUT2D eigenvalue weighted by molar-refractivity contribution is 6.17. The van der Waals surface area contributed by atoms with Crippen LogP contribution in [0.1, 0.15) is 25.7 Å². The summed E-state index contributed by atoms with van der Waals surface area (Å²) in [7, 11) is 0. The van der Waals surface area contributed by atoms with E-state index in [1.807, 2.05) is 0 Å². The zero-order valence-electron chi connectivity index (χ0n) is 7.42. The first-order chi connectivity index (χ1) is 6.33. The van der Waals surface area contributed by atoms with Crippen molar-refractivity contribution >= 4 is 23.7 Å². The predicted octanol–water partition coefficient (Wildman–Crippen LogP) is 1.83. The molecule has 0 aromatic carbocycles. The molecule has 4 heteroatoms. The SMILES string of the molecule is O=C(CCCCCl)NC1=CN=CC1. The maximum absolute atomic E-state index is 11.2. The number of nitrogens with one attached hydrogen (secondary N) is 1. The fourth-order valence-electron chi connectivity index (χ4n) is 1.05. The molecule has 0 saturated heterocycles. The van der Waals surface area contributed by atoms with E-state index in [4.69, 9.17) is 11.6 Å². The molecule has 0 spiro atoms. The van der Waals surface area contributed by atoms with Gasteiger partial charge in [0.15, 0.2) is 0 Å². The third-order valence-corrected chi connectivity index (χ3v) is 2.00. The lowest BCUT2D eigenvalue weighted by molar-refractivity contribution is -0.120. The highest BCUT2D eigenvalue weighted by Crippen LogP contribution is 2.03. The van der Waals surface area contributed by atoms with Crippen LogP contribution in [-0.4, -0.2) is 18.0 Å². The Morgan fingerprint density at radius 3 is 3.08 bits per heavy atom. The van der Waals surface area contributed by atoms with Gasteiger partial charge >= 0.3 is 0 Å². The van der Waals surface area contributed by atoms with Gasteiger partial charge in [0.1, 0.15) is 0 Å². The largest absolute Gasteiger partial charge is 0.328 e. The van der Waals surface area contributed by atoms with Crippen LogP contribution >= 0.6 is 11.6 Å². The second kappa shape index (κ2) is 5.75. The van der Waals surface area contributed by atoms with Crippen molar-refractivity contribution in [3.05, 3.63) is 11.9 Å². The Bertz CT molecular complexity index is 236. The number of allylic oxidation sites excluding steroid dienone is 1. The average Bonchev–Trinajstić information content (AvgIpc) is 2.57. The van der Waals surface area contributed by atoms with Crippen LogP contribution in [0, 0.1) is 0 Å². The van der Waals surface area contributed by atoms with Crippen LogP contribution in [0.25, 0.3) is 0 Å². The van der Waals surface area contributed by atoms with E-state index >= 15 is 0 Å². The van der Waals surface area contributed by atoms with E-state index in [0.29, 0.717) is 12.3 Å². The third-order valence-electron chi connectivity index (χ3n) is 1.73. The monoisotopic (exact) mass is 200 g/mol. The van der Waals surface area contributed by atoms with Crippen molar-refractivity contribution in [2.24, 2.45) is 4.99 Å². The van der Waals surface area contributed by atoms with Crippen molar-refractivity contribution < 1.29 is 4.79 Å². The van der Waals surface area contributed by atoms with E-state index in [0.717, 1.165) is 25.0 Å². The summed E-state index contributed by atoms with van der Waals surface area (Å²) in [6.07, 6.45) is 6.48. The fraction of sp³-hybridized carbons (Fsp3) is 0.556. The molecule has 13 heavy (non-hydrogen) atoms. The van der Waals surface area contributed by atoms with Gasteiger partial charge in [-0.05, 0) is 12.8 Å². The molecule has 0 aromatic rings. The van der Waals surface area contributed by atoms with E-state index in [-0.39, 0.29) is 5.91 Å². The lowest BCUT2D eigenvalue weighted by atomic mass is 10.2. The summed E-state index contributed by atoms with van der Waals surface area (Å²) >= 11 is 5.49. The van der Waals surface area contributed by atoms with Gasteiger partial charge in [0, 0.05) is 36.8 Å². The van der Waals surface area contributed by atoms with E-state index in [1.54, 1.807) is 12.4 Å². The van der Waals surface area contributed by atoms with Crippen molar-refractivity contribution in [3.8, 4) is 0 Å². The summed E-state index contributed by atoms with van der Waals surface area (Å²) in [6, 6.07) is 0. The van der Waals surface area contributed by atoms with Crippen LogP contribution in [0.2, 0.25) is 0 Å². The summed E-state index contributed by atoms with van der Waals surface area (Å²) < 4.78 is 0. The molecule has 3 nitrogen and oxygen atoms in total. The Balaban J connectivity index is 2.11. The minimum Gasteiger partial charge on any atom is -0.328 e. The molecular formula is C9H13ClN2O. The van der Waals surface area contributed by atoms with Gasteiger partial charge in [0.2, 0.25) is 5.91 Å². The van der Waals surface area contributed by atoms with Crippen molar-refractivity contribution in [1.29, 1.82) is 0 Å². The zero-order valence-corrected chi connectivity index (χ0v) is 8.18. The van der Waals surface area contributed by atoms with Crippen molar-refractivity contribution in [2.75, 3.05) is 5.88 Å². The van der Waals surface area contributed by atoms with Gasteiger partial charge < -0.3 is 5.32 Å². The third kappa shape index (κ3) is 4.08. The van der Waals surface area contributed by atoms with Gasteiger partial charge in [-0.2, -0.15) is 0 Å². The molecular weight excluding hydrogens is 188 g/mol. The number of aliphatic imine (C=N–C) groups is 1. The molecule has 1 rings (SSSR count). The first-order valence-electron chi connectivity index (χ1n) is 4.39. The second-order valence-electron chi connectivity index (χ2n) is 2.88. The smallest absolute Gasteiger partial charge is 0.224 e. The molecule has 1 N–H and O–H groups in total. The molecule has 0 bridgehead atoms. The maximum Gasteiger partial charge on any atom is 0.224 e. The van der Waals surface area contributed by atoms with Gasteiger partial charge in [-0.15, -0.1) is 11.6 Å². The molecule has 1 aliphatic rings.